The number of hydrogen-bond acceptors (Lipinski definition) is 2. The molecule has 0 radical (unpaired) electrons. The first kappa shape index (κ1) is 8.17. The van der Waals surface area contributed by atoms with E-state index in [1.807, 2.05) is 31.2 Å². The Bertz CT molecular complexity index is 342. The van der Waals surface area contributed by atoms with Gasteiger partial charge in [-0.25, -0.2) is 0 Å². The van der Waals surface area contributed by atoms with Crippen LogP contribution >= 0.6 is 0 Å². The van der Waals surface area contributed by atoms with Crippen LogP contribution in [-0.2, 0) is 0 Å². The number of para-hydroxylation sites is 1. The summed E-state index contributed by atoms with van der Waals surface area (Å²) in [7, 11) is 0. The maximum atomic E-state index is 9.55. The molecule has 0 aliphatic carbocycles. The van der Waals surface area contributed by atoms with E-state index in [2.05, 4.69) is 0 Å². The molecule has 1 aromatic rings. The number of rotatable bonds is 1. The average molecular weight is 176 g/mol. The van der Waals surface area contributed by atoms with Crippen molar-refractivity contribution in [2.75, 3.05) is 0 Å². The number of ether oxygens (including phenoxy) is 1. The lowest BCUT2D eigenvalue weighted by molar-refractivity contribution is 0.169. The average Bonchev–Trinajstić information content (AvgIpc) is 2.17. The number of hydrogen-bond donors (Lipinski definition) is 1. The van der Waals surface area contributed by atoms with Gasteiger partial charge in [0.05, 0.1) is 0 Å². The lowest BCUT2D eigenvalue weighted by Gasteiger charge is -2.22. The van der Waals surface area contributed by atoms with E-state index in [1.54, 1.807) is 6.08 Å². The first-order valence-corrected chi connectivity index (χ1v) is 4.47. The summed E-state index contributed by atoms with van der Waals surface area (Å²) < 4.78 is 5.58. The fraction of sp³-hybridized carbons (Fsp3) is 0.273. The van der Waals surface area contributed by atoms with Gasteiger partial charge in [-0.1, -0.05) is 25.1 Å². The Morgan fingerprint density at radius 1 is 1.38 bits per heavy atom. The summed E-state index contributed by atoms with van der Waals surface area (Å²) in [5, 5.41) is 9.55. The van der Waals surface area contributed by atoms with Gasteiger partial charge in [-0.2, -0.15) is 0 Å². The number of aliphatic hydroxyl groups is 1. The largest absolute Gasteiger partial charge is 0.508 e. The topological polar surface area (TPSA) is 29.5 Å². The van der Waals surface area contributed by atoms with Gasteiger partial charge in [0.2, 0.25) is 0 Å². The molecule has 2 nitrogen and oxygen atoms in total. The SMILES string of the molecule is CCC1Oc2ccccc2C=C1O. The molecular formula is C11H12O2. The minimum absolute atomic E-state index is 0.171. The minimum Gasteiger partial charge on any atom is -0.508 e. The molecule has 2 rings (SSSR count). The van der Waals surface area contributed by atoms with Gasteiger partial charge in [0.1, 0.15) is 11.5 Å². The fourth-order valence-electron chi connectivity index (χ4n) is 1.47. The third-order valence-electron chi connectivity index (χ3n) is 2.19. The van der Waals surface area contributed by atoms with Gasteiger partial charge in [-0.3, -0.25) is 0 Å². The second-order valence-corrected chi connectivity index (χ2v) is 3.12. The first-order valence-electron chi connectivity index (χ1n) is 4.47. The maximum Gasteiger partial charge on any atom is 0.155 e. The van der Waals surface area contributed by atoms with Crippen molar-refractivity contribution in [3.8, 4) is 5.75 Å². The van der Waals surface area contributed by atoms with Crippen molar-refractivity contribution in [3.05, 3.63) is 35.6 Å². The highest BCUT2D eigenvalue weighted by Crippen LogP contribution is 2.29. The van der Waals surface area contributed by atoms with E-state index < -0.39 is 0 Å². The van der Waals surface area contributed by atoms with Gasteiger partial charge in [0.15, 0.2) is 6.10 Å². The van der Waals surface area contributed by atoms with Crippen LogP contribution in [-0.4, -0.2) is 11.2 Å². The van der Waals surface area contributed by atoms with E-state index >= 15 is 0 Å². The third-order valence-corrected chi connectivity index (χ3v) is 2.19. The lowest BCUT2D eigenvalue weighted by atomic mass is 10.1. The highest BCUT2D eigenvalue weighted by molar-refractivity contribution is 5.61. The van der Waals surface area contributed by atoms with Crippen molar-refractivity contribution in [3.63, 3.8) is 0 Å². The molecule has 0 aromatic heterocycles. The van der Waals surface area contributed by atoms with Gasteiger partial charge in [0, 0.05) is 5.56 Å². The lowest BCUT2D eigenvalue weighted by Crippen LogP contribution is -2.21. The van der Waals surface area contributed by atoms with Crippen LogP contribution in [0.15, 0.2) is 30.0 Å². The van der Waals surface area contributed by atoms with Crippen molar-refractivity contribution in [1.82, 2.24) is 0 Å². The molecule has 2 heteroatoms. The van der Waals surface area contributed by atoms with Gasteiger partial charge in [0.25, 0.3) is 0 Å². The summed E-state index contributed by atoms with van der Waals surface area (Å²) in [6, 6.07) is 7.71. The molecule has 1 heterocycles. The van der Waals surface area contributed by atoms with Crippen molar-refractivity contribution >= 4 is 6.08 Å². The molecule has 1 aromatic carbocycles. The van der Waals surface area contributed by atoms with E-state index in [9.17, 15) is 5.11 Å². The van der Waals surface area contributed by atoms with Crippen molar-refractivity contribution in [1.29, 1.82) is 0 Å². The van der Waals surface area contributed by atoms with Crippen LogP contribution in [0.1, 0.15) is 18.9 Å². The summed E-state index contributed by atoms with van der Waals surface area (Å²) in [5.74, 6) is 1.17. The predicted octanol–water partition coefficient (Wildman–Crippen LogP) is 2.76. The van der Waals surface area contributed by atoms with E-state index in [0.29, 0.717) is 5.76 Å². The molecule has 13 heavy (non-hydrogen) atoms. The highest BCUT2D eigenvalue weighted by Gasteiger charge is 2.19. The molecule has 1 aliphatic heterocycles. The van der Waals surface area contributed by atoms with Crippen molar-refractivity contribution in [2.24, 2.45) is 0 Å². The summed E-state index contributed by atoms with van der Waals surface area (Å²) in [6.45, 7) is 1.99. The van der Waals surface area contributed by atoms with Gasteiger partial charge >= 0.3 is 0 Å². The van der Waals surface area contributed by atoms with Crippen LogP contribution in [0.4, 0.5) is 0 Å². The zero-order valence-corrected chi connectivity index (χ0v) is 7.53. The second kappa shape index (κ2) is 3.13. The molecule has 0 bridgehead atoms. The zero-order chi connectivity index (χ0) is 9.26. The Labute approximate surface area is 77.5 Å². The van der Waals surface area contributed by atoms with E-state index in [4.69, 9.17) is 4.74 Å². The number of fused-ring (bicyclic) bond motifs is 1. The molecule has 0 spiro atoms. The highest BCUT2D eigenvalue weighted by atomic mass is 16.5. The molecule has 0 amide bonds. The maximum absolute atomic E-state index is 9.55. The Morgan fingerprint density at radius 3 is 2.92 bits per heavy atom. The standard InChI is InChI=1S/C11H12O2/c1-2-10-9(12)7-8-5-3-4-6-11(8)13-10/h3-7,10,12H,2H2,1H3. The summed E-state index contributed by atoms with van der Waals surface area (Å²) in [6.07, 6.45) is 2.39. The Morgan fingerprint density at radius 2 is 2.15 bits per heavy atom. The van der Waals surface area contributed by atoms with E-state index in [-0.39, 0.29) is 6.10 Å². The molecule has 1 unspecified atom stereocenters. The normalized spacial score (nSPS) is 20.1. The van der Waals surface area contributed by atoms with Crippen LogP contribution in [0.3, 0.4) is 0 Å². The molecule has 0 fully saturated rings. The Kier molecular flexibility index (Phi) is 1.97. The number of aliphatic hydroxyl groups excluding tert-OH is 1. The minimum atomic E-state index is -0.171. The van der Waals surface area contributed by atoms with Crippen LogP contribution in [0.2, 0.25) is 0 Å². The fourth-order valence-corrected chi connectivity index (χ4v) is 1.47. The first-order chi connectivity index (χ1) is 6.31. The monoisotopic (exact) mass is 176 g/mol. The predicted molar refractivity (Wildman–Crippen MR) is 51.8 cm³/mol. The molecule has 68 valence electrons. The zero-order valence-electron chi connectivity index (χ0n) is 7.53. The quantitative estimate of drug-likeness (QED) is 0.712. The summed E-state index contributed by atoms with van der Waals surface area (Å²) in [5.41, 5.74) is 0.949. The van der Waals surface area contributed by atoms with Crippen LogP contribution in [0.25, 0.3) is 6.08 Å². The van der Waals surface area contributed by atoms with E-state index in [0.717, 1.165) is 17.7 Å². The van der Waals surface area contributed by atoms with Gasteiger partial charge in [-0.15, -0.1) is 0 Å². The van der Waals surface area contributed by atoms with Crippen molar-refractivity contribution < 1.29 is 9.84 Å². The number of benzene rings is 1. The van der Waals surface area contributed by atoms with Crippen LogP contribution in [0.5, 0.6) is 5.75 Å². The van der Waals surface area contributed by atoms with Crippen LogP contribution < -0.4 is 4.74 Å². The molecule has 1 atom stereocenters. The third kappa shape index (κ3) is 1.39. The van der Waals surface area contributed by atoms with Crippen LogP contribution in [0, 0.1) is 0 Å². The van der Waals surface area contributed by atoms with Crippen molar-refractivity contribution in [2.45, 2.75) is 19.4 Å². The van der Waals surface area contributed by atoms with Gasteiger partial charge < -0.3 is 9.84 Å². The Hall–Kier alpha value is -1.44. The van der Waals surface area contributed by atoms with Gasteiger partial charge in [-0.05, 0) is 18.6 Å². The molecule has 0 saturated heterocycles. The smallest absolute Gasteiger partial charge is 0.155 e. The summed E-state index contributed by atoms with van der Waals surface area (Å²) >= 11 is 0. The summed E-state index contributed by atoms with van der Waals surface area (Å²) in [4.78, 5) is 0. The molecular weight excluding hydrogens is 164 g/mol. The molecule has 0 saturated carbocycles. The molecule has 1 aliphatic rings. The Balaban J connectivity index is 2.40. The van der Waals surface area contributed by atoms with E-state index in [1.165, 1.54) is 0 Å². The molecule has 1 N–H and O–H groups in total. The second-order valence-electron chi connectivity index (χ2n) is 3.12.